The van der Waals surface area contributed by atoms with Crippen molar-refractivity contribution in [3.05, 3.63) is 12.2 Å². The summed E-state index contributed by atoms with van der Waals surface area (Å²) in [5, 5.41) is 0. The molecule has 0 aromatic heterocycles. The molecule has 0 heterocycles. The Morgan fingerprint density at radius 2 is 1.30 bits per heavy atom. The van der Waals surface area contributed by atoms with Gasteiger partial charge in [-0.2, -0.15) is 0 Å². The monoisotopic (exact) mass is 637 g/mol. The molecule has 2 heteroatoms. The molecule has 5 rings (SSSR count). The molecule has 5 aliphatic rings. The Balaban J connectivity index is 1.16. The molecule has 0 N–H and O–H groups in total. The summed E-state index contributed by atoms with van der Waals surface area (Å²) in [6.45, 7) is 24.9. The number of hydrogen-bond donors (Lipinski definition) is 0. The predicted molar refractivity (Wildman–Crippen MR) is 196 cm³/mol. The zero-order valence-corrected chi connectivity index (χ0v) is 32.0. The zero-order chi connectivity index (χ0) is 33.4. The van der Waals surface area contributed by atoms with E-state index < -0.39 is 0 Å². The van der Waals surface area contributed by atoms with Gasteiger partial charge in [-0.3, -0.25) is 4.79 Å². The lowest BCUT2D eigenvalue weighted by Gasteiger charge is -2.73. The van der Waals surface area contributed by atoms with Gasteiger partial charge in [-0.15, -0.1) is 0 Å². The minimum atomic E-state index is 0.0422. The van der Waals surface area contributed by atoms with Crippen LogP contribution in [0.4, 0.5) is 0 Å². The first-order valence-corrected chi connectivity index (χ1v) is 20.6. The Morgan fingerprint density at radius 3 is 1.93 bits per heavy atom. The van der Waals surface area contributed by atoms with Crippen LogP contribution in [0.2, 0.25) is 0 Å². The Labute approximate surface area is 286 Å². The molecule has 5 saturated carbocycles. The van der Waals surface area contributed by atoms with Crippen molar-refractivity contribution in [2.45, 2.75) is 203 Å². The molecule has 264 valence electrons. The van der Waals surface area contributed by atoms with Gasteiger partial charge >= 0.3 is 5.97 Å². The third-order valence-corrected chi connectivity index (χ3v) is 16.7. The van der Waals surface area contributed by atoms with Crippen molar-refractivity contribution in [1.29, 1.82) is 0 Å². The van der Waals surface area contributed by atoms with Crippen molar-refractivity contribution in [3.63, 3.8) is 0 Å². The van der Waals surface area contributed by atoms with Crippen molar-refractivity contribution in [1.82, 2.24) is 0 Å². The minimum absolute atomic E-state index is 0.0422. The topological polar surface area (TPSA) is 26.3 Å². The van der Waals surface area contributed by atoms with E-state index in [4.69, 9.17) is 4.74 Å². The molecule has 5 aliphatic carbocycles. The maximum Gasteiger partial charge on any atom is 0.306 e. The second-order valence-electron chi connectivity index (χ2n) is 19.5. The average molecular weight is 637 g/mol. The van der Waals surface area contributed by atoms with Crippen LogP contribution in [0, 0.1) is 56.7 Å². The lowest BCUT2D eigenvalue weighted by atomic mass is 9.32. The maximum atomic E-state index is 13.1. The fraction of sp³-hybridized carbons (Fsp3) is 0.932. The molecule has 0 aromatic carbocycles. The number of carbonyl (C=O) groups excluding carboxylic acids is 1. The van der Waals surface area contributed by atoms with Crippen LogP contribution in [0.1, 0.15) is 197 Å². The van der Waals surface area contributed by atoms with Gasteiger partial charge in [-0.25, -0.2) is 0 Å². The van der Waals surface area contributed by atoms with Gasteiger partial charge in [0.25, 0.3) is 0 Å². The summed E-state index contributed by atoms with van der Waals surface area (Å²) >= 11 is 0. The number of fused-ring (bicyclic) bond motifs is 7. The van der Waals surface area contributed by atoms with Gasteiger partial charge in [0, 0.05) is 11.8 Å². The summed E-state index contributed by atoms with van der Waals surface area (Å²) < 4.78 is 6.40. The van der Waals surface area contributed by atoms with Crippen LogP contribution in [0.5, 0.6) is 0 Å². The van der Waals surface area contributed by atoms with Crippen LogP contribution < -0.4 is 0 Å². The first-order chi connectivity index (χ1) is 21.7. The van der Waals surface area contributed by atoms with E-state index >= 15 is 0 Å². The Kier molecular flexibility index (Phi) is 11.3. The molecular formula is C44H76O2. The number of esters is 1. The summed E-state index contributed by atoms with van der Waals surface area (Å²) in [5.74, 6) is 3.89. The first-order valence-electron chi connectivity index (χ1n) is 20.6. The first kappa shape index (κ1) is 36.5. The van der Waals surface area contributed by atoms with E-state index in [1.807, 2.05) is 0 Å². The van der Waals surface area contributed by atoms with Gasteiger partial charge in [0.05, 0.1) is 0 Å². The van der Waals surface area contributed by atoms with Gasteiger partial charge in [-0.1, -0.05) is 125 Å². The Bertz CT molecular complexity index is 1060. The minimum Gasteiger partial charge on any atom is -0.462 e. The van der Waals surface area contributed by atoms with Crippen LogP contribution in [-0.4, -0.2) is 12.1 Å². The lowest BCUT2D eigenvalue weighted by Crippen LogP contribution is -2.66. The second-order valence-corrected chi connectivity index (χ2v) is 19.5. The Morgan fingerprint density at radius 1 is 0.674 bits per heavy atom. The van der Waals surface area contributed by atoms with E-state index in [1.165, 1.54) is 128 Å². The predicted octanol–water partition coefficient (Wildman–Crippen LogP) is 13.3. The van der Waals surface area contributed by atoms with Crippen LogP contribution >= 0.6 is 0 Å². The summed E-state index contributed by atoms with van der Waals surface area (Å²) in [5.41, 5.74) is 3.19. The fourth-order valence-corrected chi connectivity index (χ4v) is 13.8. The highest BCUT2D eigenvalue weighted by molar-refractivity contribution is 5.69. The summed E-state index contributed by atoms with van der Waals surface area (Å²) in [6, 6.07) is 0. The zero-order valence-electron chi connectivity index (χ0n) is 32.0. The van der Waals surface area contributed by atoms with Gasteiger partial charge in [0.1, 0.15) is 6.10 Å². The number of allylic oxidation sites excluding steroid dienone is 1. The molecule has 10 atom stereocenters. The molecule has 0 saturated heterocycles. The van der Waals surface area contributed by atoms with Crippen LogP contribution in [0.3, 0.4) is 0 Å². The molecule has 0 aromatic rings. The molecule has 0 spiro atoms. The molecule has 46 heavy (non-hydrogen) atoms. The third kappa shape index (κ3) is 6.45. The normalized spacial score (nSPS) is 42.8. The van der Waals surface area contributed by atoms with E-state index in [0.717, 1.165) is 36.5 Å². The molecule has 2 nitrogen and oxygen atoms in total. The number of carbonyl (C=O) groups is 1. The molecule has 0 bridgehead atoms. The smallest absolute Gasteiger partial charge is 0.306 e. The Hall–Kier alpha value is -0.790. The van der Waals surface area contributed by atoms with E-state index in [-0.39, 0.29) is 17.5 Å². The van der Waals surface area contributed by atoms with Crippen molar-refractivity contribution in [2.24, 2.45) is 56.7 Å². The number of unbranched alkanes of at least 4 members (excludes halogenated alkanes) is 10. The molecule has 0 unspecified atom stereocenters. The van der Waals surface area contributed by atoms with Crippen LogP contribution in [-0.2, 0) is 9.53 Å². The molecule has 0 aliphatic heterocycles. The van der Waals surface area contributed by atoms with E-state index in [9.17, 15) is 4.79 Å². The SMILES string of the molecule is C=C(C)[C@@H]1CC[C@]2(C)CC[C@]3(C)[C@H](CC[C@@H]4[C@@]5(C)CC[C@H](OC(=O)CCCCCCCCCCCCC)C(C)(C)[C@@H]5CC[C@]43C)[C@@H]12. The average Bonchev–Trinajstić information content (AvgIpc) is 3.35. The van der Waals surface area contributed by atoms with Crippen molar-refractivity contribution < 1.29 is 9.53 Å². The standard InChI is InChI=1S/C44H76O2/c1-10-11-12-13-14-15-16-17-18-19-20-21-38(45)46-37-26-28-42(7)35(40(37,4)5)25-29-44(9)36(42)23-22-34-39-33(32(2)3)24-27-41(39,6)30-31-43(34,44)8/h33-37,39H,2,10-31H2,1,3-9H3/t33-,34+,35-,36+,37-,39+,41+,42-,43+,44+/m0/s1. The van der Waals surface area contributed by atoms with Gasteiger partial charge < -0.3 is 4.74 Å². The molecule has 5 fully saturated rings. The highest BCUT2D eigenvalue weighted by Gasteiger charge is 2.70. The van der Waals surface area contributed by atoms with Gasteiger partial charge in [-0.05, 0) is 129 Å². The lowest BCUT2D eigenvalue weighted by molar-refractivity contribution is -0.249. The van der Waals surface area contributed by atoms with Crippen LogP contribution in [0.15, 0.2) is 12.2 Å². The molecule has 0 amide bonds. The van der Waals surface area contributed by atoms with Gasteiger partial charge in [0.2, 0.25) is 0 Å². The highest BCUT2D eigenvalue weighted by Crippen LogP contribution is 2.77. The van der Waals surface area contributed by atoms with E-state index in [1.54, 1.807) is 0 Å². The van der Waals surface area contributed by atoms with Crippen molar-refractivity contribution >= 4 is 5.97 Å². The highest BCUT2D eigenvalue weighted by atomic mass is 16.5. The van der Waals surface area contributed by atoms with E-state index in [0.29, 0.717) is 34.0 Å². The summed E-state index contributed by atoms with van der Waals surface area (Å²) in [7, 11) is 0. The summed E-state index contributed by atoms with van der Waals surface area (Å²) in [4.78, 5) is 13.1. The van der Waals surface area contributed by atoms with Crippen molar-refractivity contribution in [2.75, 3.05) is 0 Å². The molecule has 0 radical (unpaired) electrons. The van der Waals surface area contributed by atoms with Crippen LogP contribution in [0.25, 0.3) is 0 Å². The number of hydrogen-bond acceptors (Lipinski definition) is 2. The summed E-state index contributed by atoms with van der Waals surface area (Å²) in [6.07, 6.45) is 28.5. The fourth-order valence-electron chi connectivity index (χ4n) is 13.8. The quantitative estimate of drug-likeness (QED) is 0.108. The van der Waals surface area contributed by atoms with Gasteiger partial charge in [0.15, 0.2) is 0 Å². The van der Waals surface area contributed by atoms with Crippen molar-refractivity contribution in [3.8, 4) is 0 Å². The third-order valence-electron chi connectivity index (χ3n) is 16.7. The largest absolute Gasteiger partial charge is 0.462 e. The maximum absolute atomic E-state index is 13.1. The number of ether oxygens (including phenoxy) is 1. The molecular weight excluding hydrogens is 560 g/mol. The van der Waals surface area contributed by atoms with E-state index in [2.05, 4.69) is 62.0 Å². The number of rotatable bonds is 14. The second kappa shape index (κ2) is 14.2.